The molecule has 0 spiro atoms. The van der Waals surface area contributed by atoms with Crippen molar-refractivity contribution in [1.82, 2.24) is 4.72 Å². The number of sulfonamides is 1. The van der Waals surface area contributed by atoms with E-state index in [1.165, 1.54) is 11.1 Å². The van der Waals surface area contributed by atoms with E-state index in [4.69, 9.17) is 9.57 Å². The fourth-order valence-electron chi connectivity index (χ4n) is 3.67. The first kappa shape index (κ1) is 34.7. The zero-order valence-electron chi connectivity index (χ0n) is 26.6. The Morgan fingerprint density at radius 1 is 0.690 bits per heavy atom. The van der Waals surface area contributed by atoms with E-state index in [9.17, 15) is 13.2 Å². The molecule has 0 saturated heterocycles. The van der Waals surface area contributed by atoms with E-state index in [-0.39, 0.29) is 29.1 Å². The van der Waals surface area contributed by atoms with Crippen LogP contribution in [0.15, 0.2) is 88.9 Å². The van der Waals surface area contributed by atoms with E-state index in [2.05, 4.69) is 46.3 Å². The number of carbonyl (C=O) groups excluding carboxylic acids is 1. The number of ether oxygens (including phenoxy) is 1. The van der Waals surface area contributed by atoms with Gasteiger partial charge in [0.1, 0.15) is 16.9 Å². The molecule has 8 heteroatoms. The van der Waals surface area contributed by atoms with Crippen molar-refractivity contribution in [3.8, 4) is 11.1 Å². The first-order chi connectivity index (χ1) is 19.4. The summed E-state index contributed by atoms with van der Waals surface area (Å²) in [6.07, 6.45) is 0. The Kier molecular flexibility index (Phi) is 12.1. The molecule has 0 heterocycles. The summed E-state index contributed by atoms with van der Waals surface area (Å²) in [4.78, 5) is 16.9. The quantitative estimate of drug-likeness (QED) is 0.190. The van der Waals surface area contributed by atoms with Gasteiger partial charge in [0.2, 0.25) is 10.0 Å². The summed E-state index contributed by atoms with van der Waals surface area (Å²) in [5, 5.41) is 4.39. The molecule has 0 saturated carbocycles. The van der Waals surface area contributed by atoms with Crippen molar-refractivity contribution in [1.29, 1.82) is 0 Å². The maximum absolute atomic E-state index is 11.5. The topological polar surface area (TPSA) is 94.1 Å². The lowest BCUT2D eigenvalue weighted by Crippen LogP contribution is -2.30. The number of nitrogens with one attached hydrogen (secondary N) is 1. The number of hydrogen-bond acceptors (Lipinski definition) is 6. The molecule has 1 aliphatic carbocycles. The first-order valence-electron chi connectivity index (χ1n) is 14.2. The van der Waals surface area contributed by atoms with Crippen LogP contribution in [0.4, 0.5) is 0 Å². The molecular weight excluding hydrogens is 548 g/mol. The number of fused-ring (bicyclic) bond motifs is 3. The number of oxime groups is 1. The third kappa shape index (κ3) is 11.1. The Morgan fingerprint density at radius 2 is 1.12 bits per heavy atom. The van der Waals surface area contributed by atoms with Gasteiger partial charge in [-0.05, 0) is 78.6 Å². The summed E-state index contributed by atoms with van der Waals surface area (Å²) in [6, 6.07) is 24.9. The largest absolute Gasteiger partial charge is 0.460 e. The SMILES string of the molecule is CC(C)(C)ON=C1c2ccccc2-c2ccccc21.CC(C)C(=O)OC(C)(C)C.CC(C)NS(=O)(=O)c1ccccc1. The number of nitrogens with zero attached hydrogens (tertiary/aromatic N) is 1. The molecular formula is C34H46N2O5S. The second kappa shape index (κ2) is 14.6. The van der Waals surface area contributed by atoms with Gasteiger partial charge >= 0.3 is 5.97 Å². The van der Waals surface area contributed by atoms with Crippen molar-refractivity contribution in [2.24, 2.45) is 11.1 Å². The van der Waals surface area contributed by atoms with Crippen molar-refractivity contribution in [2.75, 3.05) is 0 Å². The third-order valence-corrected chi connectivity index (χ3v) is 7.06. The Hall–Kier alpha value is -3.49. The monoisotopic (exact) mass is 594 g/mol. The molecule has 1 N–H and O–H groups in total. The molecule has 42 heavy (non-hydrogen) atoms. The normalized spacial score (nSPS) is 12.3. The van der Waals surface area contributed by atoms with E-state index in [1.54, 1.807) is 44.2 Å². The summed E-state index contributed by atoms with van der Waals surface area (Å²) in [5.41, 5.74) is 5.06. The van der Waals surface area contributed by atoms with Crippen molar-refractivity contribution in [3.05, 3.63) is 90.0 Å². The Bertz CT molecular complexity index is 1400. The first-order valence-corrected chi connectivity index (χ1v) is 15.6. The maximum atomic E-state index is 11.5. The van der Waals surface area contributed by atoms with Gasteiger partial charge in [-0.25, -0.2) is 13.1 Å². The average molecular weight is 595 g/mol. The average Bonchev–Trinajstić information content (AvgIpc) is 3.20. The fourth-order valence-corrected chi connectivity index (χ4v) is 4.94. The standard InChI is InChI=1S/C17H17NO.C9H13NO2S.C8H16O2/c1-17(2,3)19-18-16-14-10-6-4-8-12(14)13-9-5-7-11-15(13)16;1-8(2)10-13(11,12)9-6-4-3-5-7-9;1-6(2)7(9)10-8(3,4)5/h4-11H,1-3H3;3-8,10H,1-2H3;6H,1-5H3. The van der Waals surface area contributed by atoms with Gasteiger partial charge < -0.3 is 9.57 Å². The van der Waals surface area contributed by atoms with Crippen molar-refractivity contribution in [2.45, 2.75) is 91.4 Å². The van der Waals surface area contributed by atoms with Crippen molar-refractivity contribution >= 4 is 21.7 Å². The molecule has 1 aliphatic rings. The van der Waals surface area contributed by atoms with Gasteiger partial charge in [-0.15, -0.1) is 0 Å². The van der Waals surface area contributed by atoms with Gasteiger partial charge in [0.25, 0.3) is 0 Å². The zero-order valence-corrected chi connectivity index (χ0v) is 27.4. The van der Waals surface area contributed by atoms with Gasteiger partial charge in [0.15, 0.2) is 0 Å². The number of esters is 1. The minimum atomic E-state index is -3.31. The number of carbonyl (C=O) groups is 1. The molecule has 0 atom stereocenters. The zero-order chi connectivity index (χ0) is 31.7. The van der Waals surface area contributed by atoms with Gasteiger partial charge in [0.05, 0.1) is 10.8 Å². The van der Waals surface area contributed by atoms with E-state index < -0.39 is 10.0 Å². The second-order valence-corrected chi connectivity index (χ2v) is 14.2. The molecule has 7 nitrogen and oxygen atoms in total. The van der Waals surface area contributed by atoms with Crippen LogP contribution in [-0.4, -0.2) is 37.3 Å². The Morgan fingerprint density at radius 3 is 1.48 bits per heavy atom. The van der Waals surface area contributed by atoms with Gasteiger partial charge in [-0.1, -0.05) is 85.7 Å². The van der Waals surface area contributed by atoms with E-state index in [0.29, 0.717) is 4.90 Å². The van der Waals surface area contributed by atoms with Crippen LogP contribution in [0.3, 0.4) is 0 Å². The molecule has 3 aromatic carbocycles. The van der Waals surface area contributed by atoms with E-state index in [0.717, 1.165) is 16.8 Å². The molecule has 3 aromatic rings. The molecule has 0 aromatic heterocycles. The smallest absolute Gasteiger partial charge is 0.308 e. The summed E-state index contributed by atoms with van der Waals surface area (Å²) < 4.78 is 30.6. The van der Waals surface area contributed by atoms with E-state index in [1.807, 2.05) is 67.5 Å². The molecule has 228 valence electrons. The number of rotatable bonds is 5. The maximum Gasteiger partial charge on any atom is 0.308 e. The second-order valence-electron chi connectivity index (χ2n) is 12.5. The lowest BCUT2D eigenvalue weighted by Gasteiger charge is -2.20. The van der Waals surface area contributed by atoms with Gasteiger partial charge in [-0.2, -0.15) is 0 Å². The minimum Gasteiger partial charge on any atom is -0.460 e. The van der Waals surface area contributed by atoms with E-state index >= 15 is 0 Å². The number of benzene rings is 3. The summed E-state index contributed by atoms with van der Waals surface area (Å²) in [5.74, 6) is -0.160. The van der Waals surface area contributed by atoms with Crippen LogP contribution in [0.25, 0.3) is 11.1 Å². The highest BCUT2D eigenvalue weighted by Crippen LogP contribution is 2.36. The highest BCUT2D eigenvalue weighted by molar-refractivity contribution is 7.89. The predicted molar refractivity (Wildman–Crippen MR) is 171 cm³/mol. The number of hydrogen-bond donors (Lipinski definition) is 1. The van der Waals surface area contributed by atoms with Gasteiger partial charge in [0, 0.05) is 17.2 Å². The van der Waals surface area contributed by atoms with Crippen molar-refractivity contribution < 1.29 is 22.8 Å². The summed E-state index contributed by atoms with van der Waals surface area (Å²) in [7, 11) is -3.31. The van der Waals surface area contributed by atoms with Gasteiger partial charge in [-0.3, -0.25) is 4.79 Å². The van der Waals surface area contributed by atoms with Crippen molar-refractivity contribution in [3.63, 3.8) is 0 Å². The summed E-state index contributed by atoms with van der Waals surface area (Å²) in [6.45, 7) is 18.9. The lowest BCUT2D eigenvalue weighted by molar-refractivity contribution is -0.158. The Balaban J connectivity index is 0.000000235. The van der Waals surface area contributed by atoms with Crippen LogP contribution in [0.2, 0.25) is 0 Å². The summed E-state index contributed by atoms with van der Waals surface area (Å²) >= 11 is 0. The molecule has 0 aliphatic heterocycles. The molecule has 0 radical (unpaired) electrons. The highest BCUT2D eigenvalue weighted by atomic mass is 32.2. The fraction of sp³-hybridized carbons (Fsp3) is 0.412. The molecule has 0 amide bonds. The van der Waals surface area contributed by atoms with Crippen LogP contribution in [-0.2, 0) is 24.4 Å². The van der Waals surface area contributed by atoms with Crippen LogP contribution >= 0.6 is 0 Å². The highest BCUT2D eigenvalue weighted by Gasteiger charge is 2.25. The molecule has 0 unspecified atom stereocenters. The van der Waals surface area contributed by atoms with Crippen LogP contribution in [0.1, 0.15) is 80.4 Å². The minimum absolute atomic E-state index is 0.0285. The lowest BCUT2D eigenvalue weighted by atomic mass is 10.1. The van der Waals surface area contributed by atoms with Crippen LogP contribution in [0.5, 0.6) is 0 Å². The molecule has 0 bridgehead atoms. The third-order valence-electron chi connectivity index (χ3n) is 5.39. The predicted octanol–water partition coefficient (Wildman–Crippen LogP) is 7.59. The molecule has 4 rings (SSSR count). The van der Waals surface area contributed by atoms with Crippen LogP contribution in [0, 0.1) is 5.92 Å². The molecule has 0 fully saturated rings. The van der Waals surface area contributed by atoms with Crippen LogP contribution < -0.4 is 4.72 Å². The Labute approximate surface area is 252 Å².